The lowest BCUT2D eigenvalue weighted by Gasteiger charge is -1.84. The van der Waals surface area contributed by atoms with Gasteiger partial charge < -0.3 is 0 Å². The van der Waals surface area contributed by atoms with Gasteiger partial charge in [0.2, 0.25) is 0 Å². The second kappa shape index (κ2) is 8.41. The van der Waals surface area contributed by atoms with Gasteiger partial charge in [0.05, 0.1) is 0 Å². The summed E-state index contributed by atoms with van der Waals surface area (Å²) < 4.78 is 0. The molecule has 0 amide bonds. The molecule has 0 bridgehead atoms. The molecule has 0 N–H and O–H groups in total. The number of rotatable bonds is 1. The number of hydrogen-bond donors (Lipinski definition) is 0. The molecule has 0 aliphatic carbocycles. The summed E-state index contributed by atoms with van der Waals surface area (Å²) in [4.78, 5) is 3.92. The Balaban J connectivity index is 0. The molecular formula is C9H19N. The molecule has 0 atom stereocenters. The van der Waals surface area contributed by atoms with E-state index in [4.69, 9.17) is 0 Å². The molecule has 0 radical (unpaired) electrons. The van der Waals surface area contributed by atoms with Gasteiger partial charge in [-0.05, 0) is 27.2 Å². The molecule has 0 aromatic heterocycles. The van der Waals surface area contributed by atoms with E-state index >= 15 is 0 Å². The van der Waals surface area contributed by atoms with Gasteiger partial charge in [-0.1, -0.05) is 12.5 Å². The SMILES string of the molecule is C=C(C)C.CCC(C)=NC. The molecule has 0 aromatic carbocycles. The Kier molecular flexibility index (Phi) is 10.2. The van der Waals surface area contributed by atoms with Crippen molar-refractivity contribution in [1.29, 1.82) is 0 Å². The van der Waals surface area contributed by atoms with Crippen LogP contribution in [0.1, 0.15) is 34.1 Å². The van der Waals surface area contributed by atoms with Crippen molar-refractivity contribution in [2.45, 2.75) is 34.1 Å². The Morgan fingerprint density at radius 2 is 1.60 bits per heavy atom. The Bertz CT molecular complexity index is 108. The van der Waals surface area contributed by atoms with Crippen molar-refractivity contribution in [3.63, 3.8) is 0 Å². The predicted octanol–water partition coefficient (Wildman–Crippen LogP) is 3.07. The average Bonchev–Trinajstić information content (AvgIpc) is 1.85. The molecule has 0 saturated heterocycles. The summed E-state index contributed by atoms with van der Waals surface area (Å²) in [6.07, 6.45) is 1.08. The summed E-state index contributed by atoms with van der Waals surface area (Å²) in [7, 11) is 1.82. The van der Waals surface area contributed by atoms with Crippen LogP contribution in [0.4, 0.5) is 0 Å². The van der Waals surface area contributed by atoms with Gasteiger partial charge in [-0.25, -0.2) is 0 Å². The van der Waals surface area contributed by atoms with Gasteiger partial charge in [-0.2, -0.15) is 0 Å². The van der Waals surface area contributed by atoms with Gasteiger partial charge in [0, 0.05) is 12.8 Å². The zero-order valence-electron chi connectivity index (χ0n) is 7.86. The molecule has 0 heterocycles. The van der Waals surface area contributed by atoms with Gasteiger partial charge in [-0.15, -0.1) is 6.58 Å². The largest absolute Gasteiger partial charge is 0.298 e. The van der Waals surface area contributed by atoms with Crippen LogP contribution in [0, 0.1) is 0 Å². The monoisotopic (exact) mass is 141 g/mol. The van der Waals surface area contributed by atoms with E-state index in [-0.39, 0.29) is 0 Å². The van der Waals surface area contributed by atoms with Crippen LogP contribution in [0.15, 0.2) is 17.1 Å². The first-order valence-electron chi connectivity index (χ1n) is 3.59. The molecule has 1 heteroatoms. The normalized spacial score (nSPS) is 9.90. The lowest BCUT2D eigenvalue weighted by molar-refractivity contribution is 1.23. The van der Waals surface area contributed by atoms with Crippen LogP contribution in [0.3, 0.4) is 0 Å². The fourth-order valence-corrected chi connectivity index (χ4v) is 0.158. The summed E-state index contributed by atoms with van der Waals surface area (Å²) in [5.41, 5.74) is 2.38. The molecule has 60 valence electrons. The summed E-state index contributed by atoms with van der Waals surface area (Å²) in [5, 5.41) is 0. The zero-order valence-corrected chi connectivity index (χ0v) is 7.86. The maximum atomic E-state index is 3.92. The molecule has 1 nitrogen and oxygen atoms in total. The Morgan fingerprint density at radius 1 is 1.30 bits per heavy atom. The molecule has 0 unspecified atom stereocenters. The highest BCUT2D eigenvalue weighted by atomic mass is 14.7. The van der Waals surface area contributed by atoms with Gasteiger partial charge in [0.15, 0.2) is 0 Å². The molecule has 10 heavy (non-hydrogen) atoms. The van der Waals surface area contributed by atoms with E-state index in [1.807, 2.05) is 27.8 Å². The fourth-order valence-electron chi connectivity index (χ4n) is 0.158. The molecule has 0 fully saturated rings. The van der Waals surface area contributed by atoms with Gasteiger partial charge in [0.1, 0.15) is 0 Å². The van der Waals surface area contributed by atoms with Crippen molar-refractivity contribution in [3.05, 3.63) is 12.2 Å². The highest BCUT2D eigenvalue weighted by Crippen LogP contribution is 1.78. The van der Waals surface area contributed by atoms with Crippen molar-refractivity contribution >= 4 is 5.71 Å². The van der Waals surface area contributed by atoms with E-state index in [0.717, 1.165) is 6.42 Å². The van der Waals surface area contributed by atoms with Crippen molar-refractivity contribution in [2.24, 2.45) is 4.99 Å². The van der Waals surface area contributed by atoms with Crippen LogP contribution in [0.2, 0.25) is 0 Å². The fraction of sp³-hybridized carbons (Fsp3) is 0.667. The molecule has 0 rings (SSSR count). The van der Waals surface area contributed by atoms with E-state index in [1.165, 1.54) is 11.3 Å². The van der Waals surface area contributed by atoms with E-state index < -0.39 is 0 Å². The van der Waals surface area contributed by atoms with E-state index in [0.29, 0.717) is 0 Å². The molecule has 0 spiro atoms. The smallest absolute Gasteiger partial charge is 0.0276 e. The topological polar surface area (TPSA) is 12.4 Å². The first kappa shape index (κ1) is 12.1. The second-order valence-corrected chi connectivity index (χ2v) is 2.52. The Morgan fingerprint density at radius 3 is 1.60 bits per heavy atom. The number of hydrogen-bond acceptors (Lipinski definition) is 1. The third-order valence-corrected chi connectivity index (χ3v) is 0.893. The average molecular weight is 141 g/mol. The van der Waals surface area contributed by atoms with Gasteiger partial charge in [0.25, 0.3) is 0 Å². The van der Waals surface area contributed by atoms with Crippen LogP contribution in [-0.4, -0.2) is 12.8 Å². The summed E-state index contributed by atoms with van der Waals surface area (Å²) in [6, 6.07) is 0. The maximum absolute atomic E-state index is 3.92. The predicted molar refractivity (Wildman–Crippen MR) is 49.8 cm³/mol. The standard InChI is InChI=1S/C5H11N.C4H8/c1-4-5(2)6-3;1-4(2)3/h4H2,1-3H3;1H2,2-3H3. The van der Waals surface area contributed by atoms with Crippen molar-refractivity contribution in [1.82, 2.24) is 0 Å². The minimum Gasteiger partial charge on any atom is -0.298 e. The Labute approximate surface area is 64.9 Å². The number of allylic oxidation sites excluding steroid dienone is 1. The maximum Gasteiger partial charge on any atom is 0.0276 e. The molecule has 0 aromatic rings. The highest BCUT2D eigenvalue weighted by Gasteiger charge is 1.75. The van der Waals surface area contributed by atoms with Gasteiger partial charge in [-0.3, -0.25) is 4.99 Å². The minimum atomic E-state index is 1.08. The van der Waals surface area contributed by atoms with Crippen LogP contribution >= 0.6 is 0 Å². The summed E-state index contributed by atoms with van der Waals surface area (Å²) in [5.74, 6) is 0. The summed E-state index contributed by atoms with van der Waals surface area (Å²) >= 11 is 0. The van der Waals surface area contributed by atoms with Crippen LogP contribution in [0.5, 0.6) is 0 Å². The molecule has 0 aliphatic rings. The lowest BCUT2D eigenvalue weighted by Crippen LogP contribution is -1.83. The van der Waals surface area contributed by atoms with E-state index in [1.54, 1.807) is 0 Å². The van der Waals surface area contributed by atoms with E-state index in [9.17, 15) is 0 Å². The lowest BCUT2D eigenvalue weighted by atomic mass is 10.3. The number of nitrogens with zero attached hydrogens (tertiary/aromatic N) is 1. The van der Waals surface area contributed by atoms with Crippen LogP contribution in [-0.2, 0) is 0 Å². The van der Waals surface area contributed by atoms with Crippen LogP contribution < -0.4 is 0 Å². The minimum absolute atomic E-state index is 1.08. The first-order valence-corrected chi connectivity index (χ1v) is 3.59. The zero-order chi connectivity index (χ0) is 8.57. The quantitative estimate of drug-likeness (QED) is 0.393. The third kappa shape index (κ3) is 26.2. The number of aliphatic imine (C=N–C) groups is 1. The molecule has 0 saturated carbocycles. The van der Waals surface area contributed by atoms with E-state index in [2.05, 4.69) is 18.5 Å². The molecule has 0 aliphatic heterocycles. The highest BCUT2D eigenvalue weighted by molar-refractivity contribution is 5.81. The van der Waals surface area contributed by atoms with Crippen molar-refractivity contribution in [3.8, 4) is 0 Å². The Hall–Kier alpha value is -0.590. The van der Waals surface area contributed by atoms with Crippen LogP contribution in [0.25, 0.3) is 0 Å². The first-order chi connectivity index (χ1) is 4.54. The second-order valence-electron chi connectivity index (χ2n) is 2.52. The molecular weight excluding hydrogens is 122 g/mol. The van der Waals surface area contributed by atoms with Crippen molar-refractivity contribution in [2.75, 3.05) is 7.05 Å². The summed E-state index contributed by atoms with van der Waals surface area (Å²) in [6.45, 7) is 11.6. The third-order valence-electron chi connectivity index (χ3n) is 0.893. The van der Waals surface area contributed by atoms with Gasteiger partial charge >= 0.3 is 0 Å². The van der Waals surface area contributed by atoms with Crippen molar-refractivity contribution < 1.29 is 0 Å².